The van der Waals surface area contributed by atoms with Crippen molar-refractivity contribution in [3.63, 3.8) is 0 Å². The monoisotopic (exact) mass is 308 g/mol. The largest absolute Gasteiger partial charge is 0.468 e. The van der Waals surface area contributed by atoms with Crippen molar-refractivity contribution < 1.29 is 9.53 Å². The van der Waals surface area contributed by atoms with E-state index in [1.165, 1.54) is 7.11 Å². The van der Waals surface area contributed by atoms with Gasteiger partial charge in [-0.1, -0.05) is 6.07 Å². The number of methoxy groups -OCH3 is 1. The van der Waals surface area contributed by atoms with E-state index in [1.54, 1.807) is 11.8 Å². The number of ether oxygens (including phenoxy) is 1. The second-order valence-electron chi connectivity index (χ2n) is 5.88. The van der Waals surface area contributed by atoms with E-state index >= 15 is 0 Å². The summed E-state index contributed by atoms with van der Waals surface area (Å²) in [5.74, 6) is -0.137. The first-order valence-corrected chi connectivity index (χ1v) is 8.37. The van der Waals surface area contributed by atoms with E-state index in [0.717, 1.165) is 30.7 Å². The van der Waals surface area contributed by atoms with Crippen LogP contribution in [0.25, 0.3) is 0 Å². The third-order valence-electron chi connectivity index (χ3n) is 3.77. The molecule has 0 aliphatic heterocycles. The fraction of sp³-hybridized carbons (Fsp3) is 0.625. The van der Waals surface area contributed by atoms with Gasteiger partial charge in [0.25, 0.3) is 0 Å². The van der Waals surface area contributed by atoms with Crippen LogP contribution in [-0.2, 0) is 9.53 Å². The molecule has 2 atom stereocenters. The first-order valence-electron chi connectivity index (χ1n) is 7.49. The molecule has 0 bridgehead atoms. The summed E-state index contributed by atoms with van der Waals surface area (Å²) in [7, 11) is 1.47. The number of carbonyl (C=O) groups is 1. The van der Waals surface area contributed by atoms with E-state index in [4.69, 9.17) is 4.74 Å². The lowest BCUT2D eigenvalue weighted by molar-refractivity contribution is -0.150. The molecule has 5 heteroatoms. The lowest BCUT2D eigenvalue weighted by Crippen LogP contribution is -2.58. The highest BCUT2D eigenvalue weighted by Gasteiger charge is 2.44. The standard InChI is InChI=1S/C16H24N2O2S/c1-12(2)18-16(15(19)20-3)9-6-7-13(11-16)21-14-8-4-5-10-17-14/h4-5,8,10,12-13,18H,6-7,9,11H2,1-3H3. The van der Waals surface area contributed by atoms with Crippen LogP contribution in [0, 0.1) is 0 Å². The Balaban J connectivity index is 2.10. The van der Waals surface area contributed by atoms with Crippen LogP contribution >= 0.6 is 11.8 Å². The minimum Gasteiger partial charge on any atom is -0.468 e. The summed E-state index contributed by atoms with van der Waals surface area (Å²) in [6.07, 6.45) is 5.58. The minimum absolute atomic E-state index is 0.137. The molecular formula is C16H24N2O2S. The molecule has 0 amide bonds. The molecular weight excluding hydrogens is 284 g/mol. The van der Waals surface area contributed by atoms with Gasteiger partial charge in [-0.05, 0) is 51.7 Å². The van der Waals surface area contributed by atoms with Gasteiger partial charge in [-0.15, -0.1) is 11.8 Å². The summed E-state index contributed by atoms with van der Waals surface area (Å²) in [6, 6.07) is 6.19. The van der Waals surface area contributed by atoms with Gasteiger partial charge in [0.15, 0.2) is 0 Å². The van der Waals surface area contributed by atoms with Gasteiger partial charge in [0.2, 0.25) is 0 Å². The molecule has 1 heterocycles. The molecule has 0 spiro atoms. The van der Waals surface area contributed by atoms with Crippen LogP contribution in [0.5, 0.6) is 0 Å². The quantitative estimate of drug-likeness (QED) is 0.847. The number of esters is 1. The van der Waals surface area contributed by atoms with Crippen LogP contribution in [-0.4, -0.2) is 34.9 Å². The molecule has 1 aliphatic carbocycles. The number of nitrogens with one attached hydrogen (secondary N) is 1. The number of nitrogens with zero attached hydrogens (tertiary/aromatic N) is 1. The molecule has 1 aromatic rings. The first kappa shape index (κ1) is 16.3. The van der Waals surface area contributed by atoms with Gasteiger partial charge in [0.05, 0.1) is 12.1 Å². The molecule has 1 fully saturated rings. The summed E-state index contributed by atoms with van der Waals surface area (Å²) in [4.78, 5) is 16.7. The van der Waals surface area contributed by atoms with Gasteiger partial charge in [-0.25, -0.2) is 4.98 Å². The Kier molecular flexibility index (Phi) is 5.65. The van der Waals surface area contributed by atoms with Gasteiger partial charge in [-0.3, -0.25) is 10.1 Å². The highest BCUT2D eigenvalue weighted by atomic mass is 32.2. The Bertz CT molecular complexity index is 467. The van der Waals surface area contributed by atoms with Crippen LogP contribution < -0.4 is 5.32 Å². The molecule has 2 unspecified atom stereocenters. The minimum atomic E-state index is -0.548. The maximum Gasteiger partial charge on any atom is 0.326 e. The smallest absolute Gasteiger partial charge is 0.326 e. The van der Waals surface area contributed by atoms with Gasteiger partial charge < -0.3 is 4.74 Å². The van der Waals surface area contributed by atoms with Gasteiger partial charge in [-0.2, -0.15) is 0 Å². The number of aromatic nitrogens is 1. The zero-order valence-corrected chi connectivity index (χ0v) is 13.8. The maximum absolute atomic E-state index is 12.3. The van der Waals surface area contributed by atoms with E-state index in [2.05, 4.69) is 24.1 Å². The zero-order valence-electron chi connectivity index (χ0n) is 13.0. The first-order chi connectivity index (χ1) is 10.1. The zero-order chi connectivity index (χ0) is 15.3. The number of thioether (sulfide) groups is 1. The summed E-state index contributed by atoms with van der Waals surface area (Å²) in [5, 5.41) is 4.86. The van der Waals surface area contributed by atoms with Crippen molar-refractivity contribution >= 4 is 17.7 Å². The fourth-order valence-corrected chi connectivity index (χ4v) is 4.31. The topological polar surface area (TPSA) is 51.2 Å². The van der Waals surface area contributed by atoms with Crippen molar-refractivity contribution in [2.45, 2.75) is 61.4 Å². The molecule has 21 heavy (non-hydrogen) atoms. The summed E-state index contributed by atoms with van der Waals surface area (Å²) < 4.78 is 5.07. The molecule has 0 aromatic carbocycles. The highest BCUT2D eigenvalue weighted by Crippen LogP contribution is 2.38. The molecule has 1 aromatic heterocycles. The molecule has 1 N–H and O–H groups in total. The molecule has 0 saturated heterocycles. The summed E-state index contributed by atoms with van der Waals surface area (Å²) in [6.45, 7) is 4.14. The highest BCUT2D eigenvalue weighted by molar-refractivity contribution is 7.99. The average molecular weight is 308 g/mol. The predicted molar refractivity (Wildman–Crippen MR) is 85.4 cm³/mol. The second kappa shape index (κ2) is 7.27. The van der Waals surface area contributed by atoms with Crippen LogP contribution in [0.3, 0.4) is 0 Å². The van der Waals surface area contributed by atoms with E-state index in [1.807, 2.05) is 24.4 Å². The predicted octanol–water partition coefficient (Wildman–Crippen LogP) is 3.03. The summed E-state index contributed by atoms with van der Waals surface area (Å²) >= 11 is 1.76. The Morgan fingerprint density at radius 3 is 2.95 bits per heavy atom. The average Bonchev–Trinajstić information content (AvgIpc) is 2.47. The van der Waals surface area contributed by atoms with Crippen molar-refractivity contribution in [2.24, 2.45) is 0 Å². The lowest BCUT2D eigenvalue weighted by atomic mass is 9.81. The SMILES string of the molecule is COC(=O)C1(NC(C)C)CCCC(Sc2ccccn2)C1. The van der Waals surface area contributed by atoms with E-state index < -0.39 is 5.54 Å². The Labute approximate surface area is 131 Å². The lowest BCUT2D eigenvalue weighted by Gasteiger charge is -2.40. The molecule has 1 saturated carbocycles. The van der Waals surface area contributed by atoms with Crippen LogP contribution in [0.2, 0.25) is 0 Å². The normalized spacial score (nSPS) is 25.8. The van der Waals surface area contributed by atoms with Gasteiger partial charge >= 0.3 is 5.97 Å². The molecule has 2 rings (SSSR count). The number of carbonyl (C=O) groups excluding carboxylic acids is 1. The Morgan fingerprint density at radius 1 is 1.52 bits per heavy atom. The second-order valence-corrected chi connectivity index (χ2v) is 7.20. The Hall–Kier alpha value is -1.07. The van der Waals surface area contributed by atoms with Crippen LogP contribution in [0.15, 0.2) is 29.4 Å². The van der Waals surface area contributed by atoms with Gasteiger partial charge in [0.1, 0.15) is 5.54 Å². The number of hydrogen-bond acceptors (Lipinski definition) is 5. The number of hydrogen-bond donors (Lipinski definition) is 1. The van der Waals surface area contributed by atoms with Crippen molar-refractivity contribution in [3.05, 3.63) is 24.4 Å². The van der Waals surface area contributed by atoms with Crippen molar-refractivity contribution in [2.75, 3.05) is 7.11 Å². The van der Waals surface area contributed by atoms with Crippen molar-refractivity contribution in [1.29, 1.82) is 0 Å². The molecule has 116 valence electrons. The third kappa shape index (κ3) is 4.20. The summed E-state index contributed by atoms with van der Waals surface area (Å²) in [5.41, 5.74) is -0.548. The van der Waals surface area contributed by atoms with Gasteiger partial charge in [0, 0.05) is 17.5 Å². The molecule has 4 nitrogen and oxygen atoms in total. The fourth-order valence-electron chi connectivity index (χ4n) is 3.04. The van der Waals surface area contributed by atoms with E-state index in [0.29, 0.717) is 5.25 Å². The third-order valence-corrected chi connectivity index (χ3v) is 4.99. The van der Waals surface area contributed by atoms with Crippen molar-refractivity contribution in [1.82, 2.24) is 10.3 Å². The van der Waals surface area contributed by atoms with Crippen LogP contribution in [0.4, 0.5) is 0 Å². The molecule has 0 radical (unpaired) electrons. The number of rotatable bonds is 5. The maximum atomic E-state index is 12.3. The van der Waals surface area contributed by atoms with Crippen LogP contribution in [0.1, 0.15) is 39.5 Å². The molecule has 1 aliphatic rings. The van der Waals surface area contributed by atoms with Crippen molar-refractivity contribution in [3.8, 4) is 0 Å². The van der Waals surface area contributed by atoms with E-state index in [9.17, 15) is 4.79 Å². The van der Waals surface area contributed by atoms with E-state index in [-0.39, 0.29) is 12.0 Å². The number of pyridine rings is 1. The Morgan fingerprint density at radius 2 is 2.33 bits per heavy atom.